The number of para-hydroxylation sites is 2. The largest absolute Gasteiger partial charge is 0.465 e. The second-order valence-corrected chi connectivity index (χ2v) is 5.28. The molecule has 0 aliphatic carbocycles. The first-order valence-corrected chi connectivity index (χ1v) is 7.35. The van der Waals surface area contributed by atoms with Crippen molar-refractivity contribution < 1.29 is 19.5 Å². The Balaban J connectivity index is 1.83. The summed E-state index contributed by atoms with van der Waals surface area (Å²) in [7, 11) is 1.29. The average molecular weight is 324 g/mol. The van der Waals surface area contributed by atoms with Crippen LogP contribution in [0.15, 0.2) is 54.7 Å². The van der Waals surface area contributed by atoms with Crippen molar-refractivity contribution in [2.24, 2.45) is 0 Å². The fourth-order valence-electron chi connectivity index (χ4n) is 2.62. The van der Waals surface area contributed by atoms with Crippen molar-refractivity contribution in [1.29, 1.82) is 0 Å². The van der Waals surface area contributed by atoms with E-state index in [1.807, 2.05) is 18.2 Å². The van der Waals surface area contributed by atoms with Gasteiger partial charge in [-0.25, -0.2) is 4.79 Å². The predicted molar refractivity (Wildman–Crippen MR) is 89.2 cm³/mol. The molecule has 2 N–H and O–H groups in total. The summed E-state index contributed by atoms with van der Waals surface area (Å²) in [6.45, 7) is 0. The normalized spacial score (nSPS) is 10.5. The van der Waals surface area contributed by atoms with E-state index in [2.05, 4.69) is 5.32 Å². The van der Waals surface area contributed by atoms with Gasteiger partial charge in [-0.3, -0.25) is 4.79 Å². The molecule has 3 rings (SSSR count). The summed E-state index contributed by atoms with van der Waals surface area (Å²) in [6.07, 6.45) is 1.58. The number of carbonyl (C=O) groups excluding carboxylic acids is 2. The van der Waals surface area contributed by atoms with Crippen molar-refractivity contribution in [2.75, 3.05) is 12.4 Å². The first-order valence-electron chi connectivity index (χ1n) is 7.35. The zero-order valence-electron chi connectivity index (χ0n) is 13.0. The molecule has 3 aromatic rings. The van der Waals surface area contributed by atoms with E-state index in [4.69, 9.17) is 4.74 Å². The minimum absolute atomic E-state index is 0.0730. The second kappa shape index (κ2) is 6.45. The summed E-state index contributed by atoms with van der Waals surface area (Å²) in [6, 6.07) is 13.9. The van der Waals surface area contributed by atoms with E-state index < -0.39 is 5.97 Å². The molecule has 24 heavy (non-hydrogen) atoms. The zero-order chi connectivity index (χ0) is 17.1. The standard InChI is InChI=1S/C18H16N2O4/c1-24-18(22)14-7-2-4-8-15(14)19-17(21)10-12-11-20(23)16-9-5-3-6-13(12)16/h2-9,11,23H,10H2,1H3,(H,19,21). The molecule has 0 spiro atoms. The first-order chi connectivity index (χ1) is 11.6. The minimum Gasteiger partial charge on any atom is -0.465 e. The smallest absolute Gasteiger partial charge is 0.339 e. The first kappa shape index (κ1) is 15.6. The number of nitrogens with zero attached hydrogens (tertiary/aromatic N) is 1. The Kier molecular flexibility index (Phi) is 4.20. The third-order valence-corrected chi connectivity index (χ3v) is 3.73. The molecule has 6 heteroatoms. The SMILES string of the molecule is COC(=O)c1ccccc1NC(=O)Cc1cn(O)c2ccccc12. The fourth-order valence-corrected chi connectivity index (χ4v) is 2.62. The number of amides is 1. The number of aromatic nitrogens is 1. The van der Waals surface area contributed by atoms with Gasteiger partial charge in [0, 0.05) is 11.6 Å². The van der Waals surface area contributed by atoms with Gasteiger partial charge in [0.1, 0.15) is 0 Å². The van der Waals surface area contributed by atoms with Gasteiger partial charge in [0.2, 0.25) is 5.91 Å². The monoisotopic (exact) mass is 324 g/mol. The van der Waals surface area contributed by atoms with Crippen LogP contribution in [0.3, 0.4) is 0 Å². The molecule has 0 aliphatic heterocycles. The molecule has 1 heterocycles. The zero-order valence-corrected chi connectivity index (χ0v) is 13.0. The van der Waals surface area contributed by atoms with E-state index in [0.29, 0.717) is 16.8 Å². The summed E-state index contributed by atoms with van der Waals surface area (Å²) in [5.41, 5.74) is 2.01. The molecule has 1 aromatic heterocycles. The highest BCUT2D eigenvalue weighted by molar-refractivity contribution is 6.02. The average Bonchev–Trinajstić information content (AvgIpc) is 2.91. The summed E-state index contributed by atoms with van der Waals surface area (Å²) >= 11 is 0. The number of ether oxygens (including phenoxy) is 1. The molecule has 122 valence electrons. The topological polar surface area (TPSA) is 80.6 Å². The van der Waals surface area contributed by atoms with Crippen LogP contribution in [0.5, 0.6) is 0 Å². The van der Waals surface area contributed by atoms with Crippen LogP contribution in [-0.2, 0) is 16.0 Å². The Labute approximate surface area is 138 Å². The third kappa shape index (κ3) is 2.94. The van der Waals surface area contributed by atoms with Crippen LogP contribution in [0, 0.1) is 0 Å². The maximum absolute atomic E-state index is 12.3. The van der Waals surface area contributed by atoms with Gasteiger partial charge in [-0.2, -0.15) is 4.73 Å². The number of benzene rings is 2. The van der Waals surface area contributed by atoms with Gasteiger partial charge in [0.25, 0.3) is 0 Å². The Morgan fingerprint density at radius 1 is 1.12 bits per heavy atom. The molecule has 0 fully saturated rings. The lowest BCUT2D eigenvalue weighted by Crippen LogP contribution is -2.17. The quantitative estimate of drug-likeness (QED) is 0.571. The maximum Gasteiger partial charge on any atom is 0.339 e. The number of esters is 1. The van der Waals surface area contributed by atoms with Gasteiger partial charge in [0.15, 0.2) is 0 Å². The van der Waals surface area contributed by atoms with E-state index in [1.54, 1.807) is 30.3 Å². The van der Waals surface area contributed by atoms with Crippen molar-refractivity contribution >= 4 is 28.5 Å². The Bertz CT molecular complexity index is 914. The van der Waals surface area contributed by atoms with Crippen LogP contribution >= 0.6 is 0 Å². The predicted octanol–water partition coefficient (Wildman–Crippen LogP) is 2.85. The molecule has 0 radical (unpaired) electrons. The number of fused-ring (bicyclic) bond motifs is 1. The number of nitrogens with one attached hydrogen (secondary N) is 1. The molecular formula is C18H16N2O4. The summed E-state index contributed by atoms with van der Waals surface area (Å²) in [5.74, 6) is -0.805. The van der Waals surface area contributed by atoms with E-state index in [9.17, 15) is 14.8 Å². The molecule has 0 atom stereocenters. The van der Waals surface area contributed by atoms with E-state index in [-0.39, 0.29) is 17.9 Å². The highest BCUT2D eigenvalue weighted by atomic mass is 16.5. The van der Waals surface area contributed by atoms with Crippen LogP contribution in [0.2, 0.25) is 0 Å². The van der Waals surface area contributed by atoms with Gasteiger partial charge in [0.05, 0.1) is 30.3 Å². The Morgan fingerprint density at radius 3 is 2.62 bits per heavy atom. The third-order valence-electron chi connectivity index (χ3n) is 3.73. The molecule has 6 nitrogen and oxygen atoms in total. The fraction of sp³-hybridized carbons (Fsp3) is 0.111. The van der Waals surface area contributed by atoms with Crippen molar-refractivity contribution in [1.82, 2.24) is 4.73 Å². The molecule has 0 saturated heterocycles. The number of anilines is 1. The van der Waals surface area contributed by atoms with Gasteiger partial charge in [-0.15, -0.1) is 0 Å². The van der Waals surface area contributed by atoms with Crippen LogP contribution in [0.1, 0.15) is 15.9 Å². The highest BCUT2D eigenvalue weighted by Gasteiger charge is 2.15. The lowest BCUT2D eigenvalue weighted by molar-refractivity contribution is -0.115. The lowest BCUT2D eigenvalue weighted by atomic mass is 10.1. The molecular weight excluding hydrogens is 308 g/mol. The van der Waals surface area contributed by atoms with Crippen LogP contribution in [0.25, 0.3) is 10.9 Å². The summed E-state index contributed by atoms with van der Waals surface area (Å²) < 4.78 is 5.71. The molecule has 0 saturated carbocycles. The van der Waals surface area contributed by atoms with Crippen LogP contribution < -0.4 is 5.32 Å². The van der Waals surface area contributed by atoms with E-state index in [1.165, 1.54) is 13.3 Å². The van der Waals surface area contributed by atoms with Crippen LogP contribution in [-0.4, -0.2) is 28.9 Å². The lowest BCUT2D eigenvalue weighted by Gasteiger charge is -2.09. The van der Waals surface area contributed by atoms with Gasteiger partial charge < -0.3 is 15.3 Å². The van der Waals surface area contributed by atoms with Gasteiger partial charge in [-0.05, 0) is 23.8 Å². The van der Waals surface area contributed by atoms with E-state index in [0.717, 1.165) is 10.1 Å². The van der Waals surface area contributed by atoms with Crippen molar-refractivity contribution in [3.05, 3.63) is 65.9 Å². The number of methoxy groups -OCH3 is 1. The molecule has 1 amide bonds. The minimum atomic E-state index is -0.516. The molecule has 0 aliphatic rings. The number of hydrogen-bond acceptors (Lipinski definition) is 4. The van der Waals surface area contributed by atoms with Crippen molar-refractivity contribution in [2.45, 2.75) is 6.42 Å². The maximum atomic E-state index is 12.3. The van der Waals surface area contributed by atoms with Gasteiger partial charge >= 0.3 is 5.97 Å². The molecule has 2 aromatic carbocycles. The molecule has 0 bridgehead atoms. The Morgan fingerprint density at radius 2 is 1.83 bits per heavy atom. The summed E-state index contributed by atoms with van der Waals surface area (Å²) in [4.78, 5) is 24.1. The van der Waals surface area contributed by atoms with Crippen molar-refractivity contribution in [3.63, 3.8) is 0 Å². The number of carbonyl (C=O) groups is 2. The molecule has 0 unspecified atom stereocenters. The number of rotatable bonds is 4. The van der Waals surface area contributed by atoms with E-state index >= 15 is 0 Å². The van der Waals surface area contributed by atoms with Crippen LogP contribution in [0.4, 0.5) is 5.69 Å². The Hall–Kier alpha value is -3.28. The van der Waals surface area contributed by atoms with Crippen molar-refractivity contribution in [3.8, 4) is 0 Å². The van der Waals surface area contributed by atoms with Gasteiger partial charge in [-0.1, -0.05) is 30.3 Å². The highest BCUT2D eigenvalue weighted by Crippen LogP contribution is 2.22. The summed E-state index contributed by atoms with van der Waals surface area (Å²) in [5, 5.41) is 13.4. The number of hydrogen-bond donors (Lipinski definition) is 2. The second-order valence-electron chi connectivity index (χ2n) is 5.28.